The van der Waals surface area contributed by atoms with E-state index in [9.17, 15) is 18.0 Å². The molecule has 32 heavy (non-hydrogen) atoms. The maximum absolute atomic E-state index is 12.6. The fourth-order valence-electron chi connectivity index (χ4n) is 3.29. The predicted molar refractivity (Wildman–Crippen MR) is 122 cm³/mol. The molecule has 9 heteroatoms. The van der Waals surface area contributed by atoms with Gasteiger partial charge in [0.05, 0.1) is 0 Å². The van der Waals surface area contributed by atoms with E-state index >= 15 is 0 Å². The molecule has 1 amide bonds. The van der Waals surface area contributed by atoms with Gasteiger partial charge < -0.3 is 4.57 Å². The van der Waals surface area contributed by atoms with E-state index in [0.717, 1.165) is 34.2 Å². The SMILES string of the molecule is Cc1ccc(-c2ccc(-c3ccn(CC[C@](C)(C(=O)NO)S(C)(=O)=O)c(=O)c3)cc2)cn1. The number of nitrogens with one attached hydrogen (secondary N) is 1. The molecule has 0 fully saturated rings. The molecule has 0 saturated heterocycles. The van der Waals surface area contributed by atoms with Gasteiger partial charge in [-0.2, -0.15) is 0 Å². The highest BCUT2D eigenvalue weighted by Gasteiger charge is 2.43. The van der Waals surface area contributed by atoms with E-state index < -0.39 is 20.5 Å². The summed E-state index contributed by atoms with van der Waals surface area (Å²) < 4.78 is 23.6. The van der Waals surface area contributed by atoms with Crippen LogP contribution in [0.1, 0.15) is 19.0 Å². The van der Waals surface area contributed by atoms with Gasteiger partial charge in [0.15, 0.2) is 14.6 Å². The Kier molecular flexibility index (Phi) is 6.61. The molecule has 1 atom stereocenters. The number of hydrogen-bond acceptors (Lipinski definition) is 6. The van der Waals surface area contributed by atoms with Gasteiger partial charge in [-0.25, -0.2) is 13.9 Å². The summed E-state index contributed by atoms with van der Waals surface area (Å²) in [4.78, 5) is 28.8. The van der Waals surface area contributed by atoms with Gasteiger partial charge in [0.2, 0.25) is 0 Å². The van der Waals surface area contributed by atoms with Gasteiger partial charge in [-0.3, -0.25) is 19.8 Å². The number of aromatic nitrogens is 2. The lowest BCUT2D eigenvalue weighted by Crippen LogP contribution is -2.49. The van der Waals surface area contributed by atoms with E-state index in [1.165, 1.54) is 23.0 Å². The van der Waals surface area contributed by atoms with Crippen molar-refractivity contribution in [2.45, 2.75) is 31.6 Å². The number of aryl methyl sites for hydroxylation is 2. The van der Waals surface area contributed by atoms with Crippen molar-refractivity contribution in [3.63, 3.8) is 0 Å². The van der Waals surface area contributed by atoms with Crippen molar-refractivity contribution >= 4 is 15.7 Å². The van der Waals surface area contributed by atoms with Crippen LogP contribution in [0.5, 0.6) is 0 Å². The number of rotatable bonds is 7. The molecule has 8 nitrogen and oxygen atoms in total. The van der Waals surface area contributed by atoms with E-state index in [1.54, 1.807) is 12.3 Å². The Bertz CT molecular complexity index is 1280. The zero-order valence-electron chi connectivity index (χ0n) is 18.1. The Morgan fingerprint density at radius 2 is 1.66 bits per heavy atom. The van der Waals surface area contributed by atoms with Crippen LogP contribution in [-0.4, -0.2) is 40.1 Å². The van der Waals surface area contributed by atoms with Gasteiger partial charge in [-0.1, -0.05) is 30.3 Å². The summed E-state index contributed by atoms with van der Waals surface area (Å²) in [7, 11) is -3.83. The average Bonchev–Trinajstić information content (AvgIpc) is 2.77. The monoisotopic (exact) mass is 455 g/mol. The molecule has 168 valence electrons. The molecule has 0 radical (unpaired) electrons. The zero-order valence-corrected chi connectivity index (χ0v) is 18.9. The fourth-order valence-corrected chi connectivity index (χ4v) is 4.13. The molecule has 2 N–H and O–H groups in total. The van der Waals surface area contributed by atoms with Crippen LogP contribution in [0.15, 0.2) is 65.7 Å². The third kappa shape index (κ3) is 4.79. The summed E-state index contributed by atoms with van der Waals surface area (Å²) in [5.74, 6) is -1.03. The first-order chi connectivity index (χ1) is 15.0. The second kappa shape index (κ2) is 9.05. The summed E-state index contributed by atoms with van der Waals surface area (Å²) in [5, 5.41) is 8.92. The Balaban J connectivity index is 1.80. The topological polar surface area (TPSA) is 118 Å². The molecule has 2 aromatic heterocycles. The lowest BCUT2D eigenvalue weighted by Gasteiger charge is -2.25. The standard InChI is InChI=1S/C23H25N3O5S/c1-16-4-5-20(15-24-16)18-8-6-17(7-9-18)19-10-12-26(21(27)14-19)13-11-23(2,22(28)25-29)32(3,30)31/h4-10,12,14-15,29H,11,13H2,1-3H3,(H,25,28)/t23-/m1/s1. The number of hydroxylamine groups is 1. The number of sulfone groups is 1. The third-order valence-electron chi connectivity index (χ3n) is 5.69. The number of nitrogens with zero attached hydrogens (tertiary/aromatic N) is 2. The largest absolute Gasteiger partial charge is 0.315 e. The molecule has 0 spiro atoms. The van der Waals surface area contributed by atoms with Gasteiger partial charge in [0, 0.05) is 42.5 Å². The number of carbonyl (C=O) groups excluding carboxylic acids is 1. The van der Waals surface area contributed by atoms with Gasteiger partial charge in [-0.15, -0.1) is 0 Å². The van der Waals surface area contributed by atoms with Crippen LogP contribution in [0.25, 0.3) is 22.3 Å². The highest BCUT2D eigenvalue weighted by molar-refractivity contribution is 7.92. The van der Waals surface area contributed by atoms with E-state index in [1.807, 2.05) is 49.5 Å². The summed E-state index contributed by atoms with van der Waals surface area (Å²) in [6.07, 6.45) is 4.13. The molecule has 3 rings (SSSR count). The van der Waals surface area contributed by atoms with Gasteiger partial charge >= 0.3 is 0 Å². The van der Waals surface area contributed by atoms with E-state index in [2.05, 4.69) is 4.98 Å². The molecule has 0 aliphatic carbocycles. The van der Waals surface area contributed by atoms with Crippen molar-refractivity contribution in [2.75, 3.05) is 6.26 Å². The normalized spacial score (nSPS) is 13.4. The second-order valence-corrected chi connectivity index (χ2v) is 10.4. The first-order valence-corrected chi connectivity index (χ1v) is 11.8. The van der Waals surface area contributed by atoms with Crippen molar-refractivity contribution in [3.8, 4) is 22.3 Å². The molecule has 2 heterocycles. The smallest absolute Gasteiger partial charge is 0.264 e. The third-order valence-corrected chi connectivity index (χ3v) is 7.72. The highest BCUT2D eigenvalue weighted by Crippen LogP contribution is 2.25. The molecular weight excluding hydrogens is 430 g/mol. The predicted octanol–water partition coefficient (Wildman–Crippen LogP) is 2.58. The number of carbonyl (C=O) groups is 1. The number of amides is 1. The number of benzene rings is 1. The van der Waals surface area contributed by atoms with E-state index in [-0.39, 0.29) is 18.5 Å². The Morgan fingerprint density at radius 1 is 1.06 bits per heavy atom. The van der Waals surface area contributed by atoms with Crippen molar-refractivity contribution in [1.82, 2.24) is 15.0 Å². The highest BCUT2D eigenvalue weighted by atomic mass is 32.2. The minimum Gasteiger partial charge on any atom is -0.315 e. The Morgan fingerprint density at radius 3 is 2.16 bits per heavy atom. The lowest BCUT2D eigenvalue weighted by molar-refractivity contribution is -0.131. The van der Waals surface area contributed by atoms with E-state index in [4.69, 9.17) is 5.21 Å². The number of hydrogen-bond donors (Lipinski definition) is 2. The van der Waals surface area contributed by atoms with Crippen LogP contribution in [0.4, 0.5) is 0 Å². The lowest BCUT2D eigenvalue weighted by atomic mass is 10.0. The van der Waals surface area contributed by atoms with Crippen molar-refractivity contribution < 1.29 is 18.4 Å². The Hall–Kier alpha value is -3.30. The zero-order chi connectivity index (χ0) is 23.5. The maximum Gasteiger partial charge on any atom is 0.264 e. The van der Waals surface area contributed by atoms with Crippen molar-refractivity contribution in [3.05, 3.63) is 77.0 Å². The first kappa shape index (κ1) is 23.4. The van der Waals surface area contributed by atoms with Crippen LogP contribution < -0.4 is 11.0 Å². The summed E-state index contributed by atoms with van der Waals surface area (Å²) >= 11 is 0. The molecule has 0 aliphatic rings. The van der Waals surface area contributed by atoms with Crippen LogP contribution >= 0.6 is 0 Å². The van der Waals surface area contributed by atoms with Gasteiger partial charge in [0.25, 0.3) is 11.5 Å². The van der Waals surface area contributed by atoms with Crippen LogP contribution in [0.2, 0.25) is 0 Å². The second-order valence-electron chi connectivity index (χ2n) is 7.91. The molecular formula is C23H25N3O5S. The fraction of sp³-hybridized carbons (Fsp3) is 0.261. The van der Waals surface area contributed by atoms with Gasteiger partial charge in [0.1, 0.15) is 0 Å². The summed E-state index contributed by atoms with van der Waals surface area (Å²) in [6.45, 7) is 3.14. The molecule has 1 aromatic carbocycles. The molecule has 0 bridgehead atoms. The average molecular weight is 456 g/mol. The maximum atomic E-state index is 12.6. The summed E-state index contributed by atoms with van der Waals surface area (Å²) in [6, 6.07) is 14.9. The molecule has 0 saturated carbocycles. The molecule has 3 aromatic rings. The van der Waals surface area contributed by atoms with Crippen LogP contribution in [-0.2, 0) is 21.2 Å². The van der Waals surface area contributed by atoms with Crippen LogP contribution in [0.3, 0.4) is 0 Å². The van der Waals surface area contributed by atoms with Crippen LogP contribution in [0, 0.1) is 6.92 Å². The van der Waals surface area contributed by atoms with Gasteiger partial charge in [-0.05, 0) is 49.1 Å². The molecule has 0 aliphatic heterocycles. The Labute approximate surface area is 186 Å². The molecule has 0 unspecified atom stereocenters. The van der Waals surface area contributed by atoms with Crippen molar-refractivity contribution in [1.29, 1.82) is 0 Å². The number of pyridine rings is 2. The van der Waals surface area contributed by atoms with Crippen molar-refractivity contribution in [2.24, 2.45) is 0 Å². The summed E-state index contributed by atoms with van der Waals surface area (Å²) in [5.41, 5.74) is 5.61. The van der Waals surface area contributed by atoms with E-state index in [0.29, 0.717) is 0 Å². The minimum atomic E-state index is -3.83. The quantitative estimate of drug-likeness (QED) is 0.418. The first-order valence-electron chi connectivity index (χ1n) is 9.93. The minimum absolute atomic E-state index is 0.00450.